The molecule has 3 aromatic carbocycles. The van der Waals surface area contributed by atoms with E-state index in [1.165, 1.54) is 12.1 Å². The first-order valence-electron chi connectivity index (χ1n) is 13.0. The molecule has 2 fully saturated rings. The summed E-state index contributed by atoms with van der Waals surface area (Å²) in [5, 5.41) is 13.1. The van der Waals surface area contributed by atoms with E-state index < -0.39 is 0 Å². The van der Waals surface area contributed by atoms with Crippen LogP contribution in [0.15, 0.2) is 72.8 Å². The van der Waals surface area contributed by atoms with E-state index in [0.717, 1.165) is 41.8 Å². The SMILES string of the molecule is COc1ccc(C#Cc2ccc([C@@H]3[C@H](CO)N4CCCCN(C(=O)Nc5ccc(F)cc5)C[C@@H]34)cc2)cc1. The van der Waals surface area contributed by atoms with Gasteiger partial charge in [0, 0.05) is 47.9 Å². The van der Waals surface area contributed by atoms with Crippen LogP contribution in [0.5, 0.6) is 5.75 Å². The van der Waals surface area contributed by atoms with Crippen molar-refractivity contribution < 1.29 is 19.0 Å². The first-order chi connectivity index (χ1) is 18.6. The van der Waals surface area contributed by atoms with Crippen LogP contribution in [0.3, 0.4) is 0 Å². The van der Waals surface area contributed by atoms with Gasteiger partial charge in [0.15, 0.2) is 0 Å². The van der Waals surface area contributed by atoms with Gasteiger partial charge in [-0.05, 0) is 85.6 Å². The molecule has 38 heavy (non-hydrogen) atoms. The number of fused-ring (bicyclic) bond motifs is 1. The second kappa shape index (κ2) is 11.7. The normalized spacial score (nSPS) is 21.1. The quantitative estimate of drug-likeness (QED) is 0.497. The Labute approximate surface area is 223 Å². The van der Waals surface area contributed by atoms with E-state index in [1.54, 1.807) is 19.2 Å². The zero-order chi connectivity index (χ0) is 26.5. The molecule has 2 saturated heterocycles. The van der Waals surface area contributed by atoms with E-state index in [1.807, 2.05) is 41.3 Å². The lowest BCUT2D eigenvalue weighted by Crippen LogP contribution is -2.68. The van der Waals surface area contributed by atoms with E-state index in [-0.39, 0.29) is 36.5 Å². The zero-order valence-corrected chi connectivity index (χ0v) is 21.4. The molecule has 2 heterocycles. The Morgan fingerprint density at radius 3 is 2.24 bits per heavy atom. The Kier molecular flexibility index (Phi) is 7.92. The van der Waals surface area contributed by atoms with Gasteiger partial charge in [-0.1, -0.05) is 24.0 Å². The molecule has 2 aliphatic heterocycles. The lowest BCUT2D eigenvalue weighted by molar-refractivity contribution is -0.0585. The largest absolute Gasteiger partial charge is 0.497 e. The maximum atomic E-state index is 13.3. The number of hydrogen-bond acceptors (Lipinski definition) is 4. The summed E-state index contributed by atoms with van der Waals surface area (Å²) in [6, 6.07) is 21.6. The van der Waals surface area contributed by atoms with Crippen LogP contribution in [0.1, 0.15) is 35.4 Å². The molecule has 0 unspecified atom stereocenters. The highest BCUT2D eigenvalue weighted by atomic mass is 19.1. The van der Waals surface area contributed by atoms with Gasteiger partial charge in [-0.15, -0.1) is 0 Å². The van der Waals surface area contributed by atoms with Crippen LogP contribution in [-0.4, -0.2) is 66.4 Å². The van der Waals surface area contributed by atoms with Gasteiger partial charge < -0.3 is 20.1 Å². The minimum absolute atomic E-state index is 0.0244. The summed E-state index contributed by atoms with van der Waals surface area (Å²) in [4.78, 5) is 17.3. The van der Waals surface area contributed by atoms with Gasteiger partial charge in [-0.25, -0.2) is 9.18 Å². The van der Waals surface area contributed by atoms with Crippen LogP contribution in [0.2, 0.25) is 0 Å². The number of carbonyl (C=O) groups is 1. The maximum absolute atomic E-state index is 13.3. The number of aliphatic hydroxyl groups is 1. The predicted octanol–water partition coefficient (Wildman–Crippen LogP) is 4.69. The molecule has 0 spiro atoms. The average molecular weight is 514 g/mol. The Morgan fingerprint density at radius 2 is 1.61 bits per heavy atom. The number of urea groups is 1. The number of amides is 2. The molecule has 0 aliphatic carbocycles. The highest BCUT2D eigenvalue weighted by Gasteiger charge is 2.49. The summed E-state index contributed by atoms with van der Waals surface area (Å²) < 4.78 is 18.5. The monoisotopic (exact) mass is 513 g/mol. The number of benzene rings is 3. The molecule has 0 aromatic heterocycles. The molecule has 7 heteroatoms. The number of nitrogens with one attached hydrogen (secondary N) is 1. The smallest absolute Gasteiger partial charge is 0.321 e. The molecule has 5 rings (SSSR count). The molecule has 3 atom stereocenters. The Hall–Kier alpha value is -3.86. The number of nitrogens with zero attached hydrogens (tertiary/aromatic N) is 2. The van der Waals surface area contributed by atoms with E-state index in [0.29, 0.717) is 18.8 Å². The summed E-state index contributed by atoms with van der Waals surface area (Å²) in [5.41, 5.74) is 3.54. The number of rotatable bonds is 4. The summed E-state index contributed by atoms with van der Waals surface area (Å²) in [5.74, 6) is 6.97. The van der Waals surface area contributed by atoms with Gasteiger partial charge >= 0.3 is 6.03 Å². The molecule has 0 bridgehead atoms. The first-order valence-corrected chi connectivity index (χ1v) is 13.0. The van der Waals surface area contributed by atoms with Crippen LogP contribution in [-0.2, 0) is 0 Å². The summed E-state index contributed by atoms with van der Waals surface area (Å²) >= 11 is 0. The average Bonchev–Trinajstić information content (AvgIpc) is 2.93. The van der Waals surface area contributed by atoms with Crippen LogP contribution < -0.4 is 10.1 Å². The van der Waals surface area contributed by atoms with E-state index in [4.69, 9.17) is 4.74 Å². The van der Waals surface area contributed by atoms with Crippen LogP contribution in [0, 0.1) is 17.7 Å². The van der Waals surface area contributed by atoms with E-state index in [9.17, 15) is 14.3 Å². The van der Waals surface area contributed by atoms with Crippen molar-refractivity contribution in [1.82, 2.24) is 9.80 Å². The van der Waals surface area contributed by atoms with Crippen molar-refractivity contribution in [3.63, 3.8) is 0 Å². The van der Waals surface area contributed by atoms with Crippen molar-refractivity contribution in [1.29, 1.82) is 0 Å². The number of anilines is 1. The van der Waals surface area contributed by atoms with E-state index >= 15 is 0 Å². The minimum atomic E-state index is -0.338. The first kappa shape index (κ1) is 25.8. The molecule has 0 saturated carbocycles. The van der Waals surface area contributed by atoms with Gasteiger partial charge in [-0.3, -0.25) is 4.90 Å². The third-order valence-electron chi connectivity index (χ3n) is 7.49. The second-order valence-electron chi connectivity index (χ2n) is 9.77. The van der Waals surface area contributed by atoms with Crippen molar-refractivity contribution in [2.24, 2.45) is 0 Å². The van der Waals surface area contributed by atoms with E-state index in [2.05, 4.69) is 34.2 Å². The highest BCUT2D eigenvalue weighted by molar-refractivity contribution is 5.89. The third kappa shape index (κ3) is 5.67. The number of hydrogen-bond donors (Lipinski definition) is 2. The van der Waals surface area contributed by atoms with Gasteiger partial charge in [0.25, 0.3) is 0 Å². The van der Waals surface area contributed by atoms with Crippen molar-refractivity contribution in [3.05, 3.63) is 95.3 Å². The van der Waals surface area contributed by atoms with Gasteiger partial charge in [0.05, 0.1) is 13.7 Å². The molecule has 0 radical (unpaired) electrons. The Bertz CT molecular complexity index is 1300. The fourth-order valence-electron chi connectivity index (χ4n) is 5.47. The third-order valence-corrected chi connectivity index (χ3v) is 7.49. The molecule has 196 valence electrons. The van der Waals surface area contributed by atoms with Crippen LogP contribution in [0.4, 0.5) is 14.9 Å². The van der Waals surface area contributed by atoms with Gasteiger partial charge in [0.2, 0.25) is 0 Å². The maximum Gasteiger partial charge on any atom is 0.321 e. The zero-order valence-electron chi connectivity index (χ0n) is 21.4. The van der Waals surface area contributed by atoms with Crippen molar-refractivity contribution >= 4 is 11.7 Å². The molecule has 2 aliphatic rings. The Balaban J connectivity index is 1.30. The van der Waals surface area contributed by atoms with Crippen LogP contribution in [0.25, 0.3) is 0 Å². The fraction of sp³-hybridized carbons (Fsp3) is 0.323. The number of halogens is 1. The number of carbonyl (C=O) groups excluding carboxylic acids is 1. The number of aliphatic hydroxyl groups excluding tert-OH is 1. The van der Waals surface area contributed by atoms with Crippen LogP contribution >= 0.6 is 0 Å². The van der Waals surface area contributed by atoms with Crippen molar-refractivity contribution in [2.75, 3.05) is 38.7 Å². The van der Waals surface area contributed by atoms with Gasteiger partial charge in [-0.2, -0.15) is 0 Å². The minimum Gasteiger partial charge on any atom is -0.497 e. The van der Waals surface area contributed by atoms with Crippen molar-refractivity contribution in [2.45, 2.75) is 30.8 Å². The molecule has 3 aromatic rings. The lowest BCUT2D eigenvalue weighted by Gasteiger charge is -2.57. The molecule has 2 amide bonds. The molecular weight excluding hydrogens is 481 g/mol. The summed E-state index contributed by atoms with van der Waals surface area (Å²) in [7, 11) is 1.64. The summed E-state index contributed by atoms with van der Waals surface area (Å²) in [6.07, 6.45) is 1.85. The van der Waals surface area contributed by atoms with Crippen molar-refractivity contribution in [3.8, 4) is 17.6 Å². The summed E-state index contributed by atoms with van der Waals surface area (Å²) in [6.45, 7) is 2.20. The second-order valence-corrected chi connectivity index (χ2v) is 9.77. The number of ether oxygens (including phenoxy) is 1. The predicted molar refractivity (Wildman–Crippen MR) is 146 cm³/mol. The lowest BCUT2D eigenvalue weighted by atomic mass is 9.74. The molecule has 6 nitrogen and oxygen atoms in total. The standard InChI is InChI=1S/C31H32FN3O3/c1-38-27-16-8-23(9-17-27)5-4-22-6-10-24(11-7-22)30-28-20-34(18-2-3-19-35(28)29(30)21-36)31(37)33-26-14-12-25(32)13-15-26/h6-17,28-30,36H,2-3,18-21H2,1H3,(H,33,37)/t28-,29-,30-/m0/s1. The fourth-order valence-corrected chi connectivity index (χ4v) is 5.47. The molecular formula is C31H32FN3O3. The number of methoxy groups -OCH3 is 1. The Morgan fingerprint density at radius 1 is 0.974 bits per heavy atom. The topological polar surface area (TPSA) is 65.0 Å². The van der Waals surface area contributed by atoms with Gasteiger partial charge in [0.1, 0.15) is 11.6 Å². The highest BCUT2D eigenvalue weighted by Crippen LogP contribution is 2.42. The molecule has 2 N–H and O–H groups in total.